The highest BCUT2D eigenvalue weighted by atomic mass is 16.5. The number of carbonyl (C=O) groups excluding carboxylic acids is 2. The second-order valence-corrected chi connectivity index (χ2v) is 10.6. The van der Waals surface area contributed by atoms with E-state index in [4.69, 9.17) is 9.47 Å². The zero-order chi connectivity index (χ0) is 26.6. The Morgan fingerprint density at radius 1 is 0.946 bits per heavy atom. The Labute approximate surface area is 219 Å². The van der Waals surface area contributed by atoms with Crippen molar-refractivity contribution in [3.05, 3.63) is 102 Å². The minimum absolute atomic E-state index is 0.0143. The molecule has 6 heteroatoms. The van der Waals surface area contributed by atoms with Crippen LogP contribution in [-0.2, 0) is 16.1 Å². The maximum atomic E-state index is 13.8. The summed E-state index contributed by atoms with van der Waals surface area (Å²) in [6.07, 6.45) is -0.523. The summed E-state index contributed by atoms with van der Waals surface area (Å²) >= 11 is 0. The predicted octanol–water partition coefficient (Wildman–Crippen LogP) is 6.30. The van der Waals surface area contributed by atoms with Gasteiger partial charge in [-0.2, -0.15) is 0 Å². The van der Waals surface area contributed by atoms with Crippen LogP contribution in [0.4, 0.5) is 4.79 Å². The molecule has 1 N–H and O–H groups in total. The van der Waals surface area contributed by atoms with Crippen LogP contribution < -0.4 is 10.1 Å². The largest absolute Gasteiger partial charge is 0.497 e. The first kappa shape index (κ1) is 26.3. The quantitative estimate of drug-likeness (QED) is 0.369. The maximum absolute atomic E-state index is 13.8. The lowest BCUT2D eigenvalue weighted by Crippen LogP contribution is -2.65. The number of methoxy groups -OCH3 is 1. The number of nitrogens with one attached hydrogen (secondary N) is 1. The van der Waals surface area contributed by atoms with Crippen LogP contribution in [0.5, 0.6) is 5.75 Å². The van der Waals surface area contributed by atoms with Gasteiger partial charge in [0.1, 0.15) is 12.4 Å². The van der Waals surface area contributed by atoms with Crippen LogP contribution in [0, 0.1) is 11.3 Å². The number of alkyl carbamates (subject to hydrolysis) is 1. The van der Waals surface area contributed by atoms with Gasteiger partial charge in [-0.1, -0.05) is 93.6 Å². The Bertz CT molecular complexity index is 1190. The number of amides is 2. The molecule has 37 heavy (non-hydrogen) atoms. The third-order valence-electron chi connectivity index (χ3n) is 7.11. The van der Waals surface area contributed by atoms with E-state index in [1.807, 2.05) is 118 Å². The van der Waals surface area contributed by atoms with Crippen molar-refractivity contribution in [2.75, 3.05) is 7.11 Å². The molecule has 4 atom stereocenters. The fourth-order valence-electron chi connectivity index (χ4n) is 5.09. The molecule has 4 rings (SSSR count). The number of rotatable bonds is 8. The van der Waals surface area contributed by atoms with Gasteiger partial charge in [0.25, 0.3) is 0 Å². The first-order chi connectivity index (χ1) is 17.7. The fraction of sp³-hybridized carbons (Fsp3) is 0.355. The minimum atomic E-state index is -0.523. The van der Waals surface area contributed by atoms with Crippen LogP contribution in [-0.4, -0.2) is 30.1 Å². The van der Waals surface area contributed by atoms with Crippen molar-refractivity contribution in [2.24, 2.45) is 11.3 Å². The fourth-order valence-corrected chi connectivity index (χ4v) is 5.09. The third-order valence-corrected chi connectivity index (χ3v) is 7.11. The highest BCUT2D eigenvalue weighted by Gasteiger charge is 2.56. The monoisotopic (exact) mass is 500 g/mol. The molecule has 3 aromatic carbocycles. The Balaban J connectivity index is 1.59. The van der Waals surface area contributed by atoms with E-state index in [1.165, 1.54) is 0 Å². The van der Waals surface area contributed by atoms with Gasteiger partial charge >= 0.3 is 6.09 Å². The standard InChI is InChI=1S/C31H36N2O4/c1-21(23-16-18-25(36-5)19-17-23)33-27(24-14-10-7-11-15-24)26(29(33)34)28(31(2,3)4)32-30(35)37-20-22-12-8-6-9-13-22/h6-19,21,26-28H,20H2,1-5H3,(H,32,35)/t21-,26+,27-,28-/m0/s1. The van der Waals surface area contributed by atoms with Gasteiger partial charge in [-0.15, -0.1) is 0 Å². The van der Waals surface area contributed by atoms with Gasteiger partial charge in [0.05, 0.1) is 31.2 Å². The number of ether oxygens (including phenoxy) is 2. The molecule has 2 amide bonds. The summed E-state index contributed by atoms with van der Waals surface area (Å²) in [7, 11) is 1.64. The Morgan fingerprint density at radius 3 is 2.11 bits per heavy atom. The zero-order valence-corrected chi connectivity index (χ0v) is 22.2. The van der Waals surface area contributed by atoms with Crippen LogP contribution in [0.3, 0.4) is 0 Å². The molecule has 194 valence electrons. The average Bonchev–Trinajstić information content (AvgIpc) is 2.90. The van der Waals surface area contributed by atoms with Crippen LogP contribution in [0.25, 0.3) is 0 Å². The maximum Gasteiger partial charge on any atom is 0.407 e. The van der Waals surface area contributed by atoms with Gasteiger partial charge in [-0.25, -0.2) is 4.79 Å². The van der Waals surface area contributed by atoms with E-state index in [-0.39, 0.29) is 30.0 Å². The summed E-state index contributed by atoms with van der Waals surface area (Å²) in [4.78, 5) is 28.7. The topological polar surface area (TPSA) is 67.9 Å². The zero-order valence-electron chi connectivity index (χ0n) is 22.2. The van der Waals surface area contributed by atoms with E-state index >= 15 is 0 Å². The molecular formula is C31H36N2O4. The molecule has 0 aliphatic carbocycles. The van der Waals surface area contributed by atoms with Gasteiger partial charge in [-0.3, -0.25) is 4.79 Å². The molecule has 3 aromatic rings. The molecule has 0 spiro atoms. The number of carbonyl (C=O) groups is 2. The lowest BCUT2D eigenvalue weighted by atomic mass is 9.68. The first-order valence-corrected chi connectivity index (χ1v) is 12.7. The third kappa shape index (κ3) is 5.79. The first-order valence-electron chi connectivity index (χ1n) is 12.7. The molecule has 1 heterocycles. The molecule has 0 radical (unpaired) electrons. The van der Waals surface area contributed by atoms with Crippen molar-refractivity contribution < 1.29 is 19.1 Å². The number of β-lactam (4-membered cyclic amide) rings is 1. The van der Waals surface area contributed by atoms with Crippen LogP contribution in [0.1, 0.15) is 56.5 Å². The molecule has 1 saturated heterocycles. The molecule has 1 aliphatic rings. The van der Waals surface area contributed by atoms with E-state index in [9.17, 15) is 9.59 Å². The second kappa shape index (κ2) is 11.1. The summed E-state index contributed by atoms with van der Waals surface area (Å²) in [5, 5.41) is 3.05. The van der Waals surface area contributed by atoms with Crippen LogP contribution in [0.2, 0.25) is 0 Å². The second-order valence-electron chi connectivity index (χ2n) is 10.6. The molecule has 0 saturated carbocycles. The summed E-state index contributed by atoms with van der Waals surface area (Å²) in [6, 6.07) is 26.6. The van der Waals surface area contributed by atoms with Crippen molar-refractivity contribution in [1.82, 2.24) is 10.2 Å². The van der Waals surface area contributed by atoms with E-state index in [1.54, 1.807) is 7.11 Å². The van der Waals surface area contributed by atoms with Crippen molar-refractivity contribution >= 4 is 12.0 Å². The molecular weight excluding hydrogens is 464 g/mol. The molecule has 1 fully saturated rings. The van der Waals surface area contributed by atoms with Gasteiger partial charge in [0, 0.05) is 0 Å². The van der Waals surface area contributed by atoms with Crippen LogP contribution >= 0.6 is 0 Å². The van der Waals surface area contributed by atoms with E-state index in [0.29, 0.717) is 0 Å². The van der Waals surface area contributed by atoms with Crippen molar-refractivity contribution in [3.63, 3.8) is 0 Å². The lowest BCUT2D eigenvalue weighted by Gasteiger charge is -2.55. The van der Waals surface area contributed by atoms with Gasteiger partial charge in [-0.05, 0) is 41.2 Å². The van der Waals surface area contributed by atoms with Gasteiger partial charge in [0.15, 0.2) is 0 Å². The highest BCUT2D eigenvalue weighted by Crippen LogP contribution is 2.49. The van der Waals surface area contributed by atoms with Gasteiger partial charge < -0.3 is 19.7 Å². The van der Waals surface area contributed by atoms with Crippen molar-refractivity contribution in [3.8, 4) is 5.75 Å². The molecule has 1 aliphatic heterocycles. The van der Waals surface area contributed by atoms with Crippen LogP contribution in [0.15, 0.2) is 84.9 Å². The van der Waals surface area contributed by atoms with E-state index in [0.717, 1.165) is 22.4 Å². The summed E-state index contributed by atoms with van der Waals surface area (Å²) in [5.41, 5.74) is 2.60. The Hall–Kier alpha value is -3.80. The van der Waals surface area contributed by atoms with Crippen molar-refractivity contribution in [1.29, 1.82) is 0 Å². The number of hydrogen-bond donors (Lipinski definition) is 1. The number of benzene rings is 3. The minimum Gasteiger partial charge on any atom is -0.497 e. The summed E-state index contributed by atoms with van der Waals surface area (Å²) < 4.78 is 10.8. The predicted molar refractivity (Wildman–Crippen MR) is 144 cm³/mol. The number of likely N-dealkylation sites (tertiary alicyclic amines) is 1. The summed E-state index contributed by atoms with van der Waals surface area (Å²) in [5.74, 6) is 0.363. The van der Waals surface area contributed by atoms with E-state index in [2.05, 4.69) is 5.32 Å². The highest BCUT2D eigenvalue weighted by molar-refractivity contribution is 5.88. The SMILES string of the molecule is COc1ccc([C@H](C)N2C(=O)[C@@H]([C@H](NC(=O)OCc3ccccc3)C(C)(C)C)[C@@H]2c2ccccc2)cc1. The Morgan fingerprint density at radius 2 is 1.54 bits per heavy atom. The van der Waals surface area contributed by atoms with Crippen molar-refractivity contribution in [2.45, 2.75) is 52.4 Å². The lowest BCUT2D eigenvalue weighted by molar-refractivity contribution is -0.166. The van der Waals surface area contributed by atoms with E-state index < -0.39 is 18.1 Å². The Kier molecular flexibility index (Phi) is 7.86. The molecule has 0 unspecified atom stereocenters. The molecule has 0 bridgehead atoms. The molecule has 0 aromatic heterocycles. The normalized spacial score (nSPS) is 18.9. The molecule has 6 nitrogen and oxygen atoms in total. The average molecular weight is 501 g/mol. The number of hydrogen-bond acceptors (Lipinski definition) is 4. The summed E-state index contributed by atoms with van der Waals surface area (Å²) in [6.45, 7) is 8.34. The smallest absolute Gasteiger partial charge is 0.407 e. The van der Waals surface area contributed by atoms with Gasteiger partial charge in [0.2, 0.25) is 5.91 Å². The number of nitrogens with zero attached hydrogens (tertiary/aromatic N) is 1.